The van der Waals surface area contributed by atoms with Crippen molar-refractivity contribution in [1.82, 2.24) is 0 Å². The van der Waals surface area contributed by atoms with Crippen molar-refractivity contribution in [2.24, 2.45) is 5.92 Å². The number of para-hydroxylation sites is 1. The van der Waals surface area contributed by atoms with Crippen LogP contribution in [0.4, 0.5) is 5.69 Å². The average Bonchev–Trinajstić information content (AvgIpc) is 3.14. The molecule has 1 aliphatic heterocycles. The molecule has 1 fully saturated rings. The van der Waals surface area contributed by atoms with Crippen molar-refractivity contribution in [1.29, 1.82) is 0 Å². The maximum absolute atomic E-state index is 12.7. The van der Waals surface area contributed by atoms with Crippen LogP contribution >= 0.6 is 0 Å². The van der Waals surface area contributed by atoms with Gasteiger partial charge in [-0.25, -0.2) is 4.79 Å². The summed E-state index contributed by atoms with van der Waals surface area (Å²) in [7, 11) is 1.31. The lowest BCUT2D eigenvalue weighted by atomic mass is 10.0. The summed E-state index contributed by atoms with van der Waals surface area (Å²) in [5.41, 5.74) is 3.51. The predicted octanol–water partition coefficient (Wildman–Crippen LogP) is 3.56. The summed E-state index contributed by atoms with van der Waals surface area (Å²) in [4.78, 5) is 38.5. The molecule has 152 valence electrons. The number of ether oxygens (including phenoxy) is 2. The van der Waals surface area contributed by atoms with Gasteiger partial charge in [-0.15, -0.1) is 0 Å². The first-order valence-electron chi connectivity index (χ1n) is 9.79. The smallest absolute Gasteiger partial charge is 0.337 e. The first kappa shape index (κ1) is 20.6. The van der Waals surface area contributed by atoms with E-state index in [1.54, 1.807) is 17.0 Å². The summed E-state index contributed by atoms with van der Waals surface area (Å²) >= 11 is 0. The van der Waals surface area contributed by atoms with E-state index in [-0.39, 0.29) is 12.3 Å². The Morgan fingerprint density at radius 2 is 1.66 bits per heavy atom. The molecule has 2 aromatic rings. The van der Waals surface area contributed by atoms with Crippen molar-refractivity contribution in [3.63, 3.8) is 0 Å². The zero-order valence-electron chi connectivity index (χ0n) is 16.9. The Morgan fingerprint density at radius 1 is 1.03 bits per heavy atom. The van der Waals surface area contributed by atoms with Crippen LogP contribution in [0.5, 0.6) is 5.75 Å². The van der Waals surface area contributed by atoms with Gasteiger partial charge in [0.2, 0.25) is 5.91 Å². The first-order chi connectivity index (χ1) is 14.0. The number of nitrogens with zero attached hydrogens (tertiary/aromatic N) is 1. The van der Waals surface area contributed by atoms with Crippen molar-refractivity contribution < 1.29 is 23.9 Å². The van der Waals surface area contributed by atoms with Gasteiger partial charge in [0.1, 0.15) is 5.75 Å². The first-order valence-corrected chi connectivity index (χ1v) is 9.79. The Labute approximate surface area is 170 Å². The number of carbonyl (C=O) groups is 3. The monoisotopic (exact) mass is 395 g/mol. The van der Waals surface area contributed by atoms with Crippen LogP contribution in [0.3, 0.4) is 0 Å². The average molecular weight is 395 g/mol. The highest BCUT2D eigenvalue weighted by atomic mass is 16.5. The van der Waals surface area contributed by atoms with Crippen LogP contribution in [0.1, 0.15) is 41.8 Å². The van der Waals surface area contributed by atoms with E-state index in [0.717, 1.165) is 29.7 Å². The van der Waals surface area contributed by atoms with E-state index in [1.165, 1.54) is 19.2 Å². The highest BCUT2D eigenvalue weighted by Crippen LogP contribution is 2.33. The van der Waals surface area contributed by atoms with Crippen LogP contribution < -0.4 is 9.64 Å². The minimum atomic E-state index is -0.530. The molecule has 0 aliphatic carbocycles. The fraction of sp³-hybridized carbons (Fsp3) is 0.348. The van der Waals surface area contributed by atoms with E-state index in [0.29, 0.717) is 17.9 Å². The highest BCUT2D eigenvalue weighted by molar-refractivity contribution is 6.01. The Kier molecular flexibility index (Phi) is 6.32. The molecule has 6 nitrogen and oxygen atoms in total. The molecule has 0 radical (unpaired) electrons. The second kappa shape index (κ2) is 8.90. The second-order valence-corrected chi connectivity index (χ2v) is 6.97. The number of anilines is 1. The van der Waals surface area contributed by atoms with E-state index >= 15 is 0 Å². The Morgan fingerprint density at radius 3 is 2.21 bits per heavy atom. The zero-order valence-corrected chi connectivity index (χ0v) is 16.9. The number of benzene rings is 2. The van der Waals surface area contributed by atoms with Crippen molar-refractivity contribution in [3.05, 3.63) is 59.2 Å². The van der Waals surface area contributed by atoms with Gasteiger partial charge >= 0.3 is 11.9 Å². The van der Waals surface area contributed by atoms with Gasteiger partial charge in [0.25, 0.3) is 0 Å². The molecule has 0 spiro atoms. The third kappa shape index (κ3) is 4.31. The number of hydrogen-bond donors (Lipinski definition) is 0. The van der Waals surface area contributed by atoms with Crippen LogP contribution in [0, 0.1) is 5.92 Å². The number of rotatable bonds is 6. The molecule has 0 aromatic heterocycles. The SMILES string of the molecule is CCc1cccc(CC)c1N1C[C@H](C(=O)Oc2ccc(C(=O)OC)cc2)CC1=O. The maximum atomic E-state index is 12.7. The molecule has 1 heterocycles. The molecule has 1 amide bonds. The normalized spacial score (nSPS) is 16.0. The summed E-state index contributed by atoms with van der Waals surface area (Å²) < 4.78 is 10.1. The van der Waals surface area contributed by atoms with E-state index in [1.807, 2.05) is 18.2 Å². The quantitative estimate of drug-likeness (QED) is 0.552. The van der Waals surface area contributed by atoms with Crippen molar-refractivity contribution in [3.8, 4) is 5.75 Å². The van der Waals surface area contributed by atoms with Crippen molar-refractivity contribution in [2.45, 2.75) is 33.1 Å². The molecule has 6 heteroatoms. The Bertz CT molecular complexity index is 897. The lowest BCUT2D eigenvalue weighted by Crippen LogP contribution is -2.29. The van der Waals surface area contributed by atoms with Gasteiger partial charge in [-0.05, 0) is 48.2 Å². The molecular formula is C23H25NO5. The predicted molar refractivity (Wildman–Crippen MR) is 109 cm³/mol. The van der Waals surface area contributed by atoms with Gasteiger partial charge < -0.3 is 14.4 Å². The highest BCUT2D eigenvalue weighted by Gasteiger charge is 2.37. The molecule has 0 unspecified atom stereocenters. The second-order valence-electron chi connectivity index (χ2n) is 6.97. The Hall–Kier alpha value is -3.15. The number of esters is 2. The largest absolute Gasteiger partial charge is 0.465 e. The van der Waals surface area contributed by atoms with E-state index in [9.17, 15) is 14.4 Å². The van der Waals surface area contributed by atoms with Gasteiger partial charge in [-0.2, -0.15) is 0 Å². The fourth-order valence-corrected chi connectivity index (χ4v) is 3.62. The molecule has 1 saturated heterocycles. The van der Waals surface area contributed by atoms with Gasteiger partial charge in [0, 0.05) is 18.7 Å². The number of hydrogen-bond acceptors (Lipinski definition) is 5. The summed E-state index contributed by atoms with van der Waals surface area (Å²) in [6, 6.07) is 12.2. The topological polar surface area (TPSA) is 72.9 Å². The third-order valence-corrected chi connectivity index (χ3v) is 5.19. The molecule has 0 bridgehead atoms. The maximum Gasteiger partial charge on any atom is 0.337 e. The lowest BCUT2D eigenvalue weighted by molar-refractivity contribution is -0.139. The standard InChI is InChI=1S/C23H25NO5/c1-4-15-7-6-8-16(5-2)21(15)24-14-18(13-20(24)25)23(27)29-19-11-9-17(10-12-19)22(26)28-3/h6-12,18H,4-5,13-14H2,1-3H3/t18-/m1/s1. The number of methoxy groups -OCH3 is 1. The summed E-state index contributed by atoms with van der Waals surface area (Å²) in [5.74, 6) is -1.17. The number of carbonyl (C=O) groups excluding carboxylic acids is 3. The van der Waals surface area contributed by atoms with Crippen molar-refractivity contribution in [2.75, 3.05) is 18.6 Å². The Balaban J connectivity index is 1.74. The molecule has 1 aliphatic rings. The van der Waals surface area contributed by atoms with Gasteiger partial charge in [-0.3, -0.25) is 9.59 Å². The van der Waals surface area contributed by atoms with Crippen LogP contribution in [-0.2, 0) is 27.2 Å². The summed E-state index contributed by atoms with van der Waals surface area (Å²) in [6.45, 7) is 4.42. The molecule has 2 aromatic carbocycles. The number of amides is 1. The third-order valence-electron chi connectivity index (χ3n) is 5.19. The van der Waals surface area contributed by atoms with Gasteiger partial charge in [-0.1, -0.05) is 32.0 Å². The summed E-state index contributed by atoms with van der Waals surface area (Å²) in [6.07, 6.45) is 1.75. The van der Waals surface area contributed by atoms with Crippen LogP contribution in [0.2, 0.25) is 0 Å². The molecule has 0 saturated carbocycles. The zero-order chi connectivity index (χ0) is 21.0. The molecule has 3 rings (SSSR count). The minimum Gasteiger partial charge on any atom is -0.465 e. The fourth-order valence-electron chi connectivity index (χ4n) is 3.62. The molecule has 0 N–H and O–H groups in total. The summed E-state index contributed by atoms with van der Waals surface area (Å²) in [5, 5.41) is 0. The van der Waals surface area contributed by atoms with Gasteiger partial charge in [0.15, 0.2) is 0 Å². The van der Waals surface area contributed by atoms with Crippen LogP contribution in [0.25, 0.3) is 0 Å². The van der Waals surface area contributed by atoms with Gasteiger partial charge in [0.05, 0.1) is 18.6 Å². The van der Waals surface area contributed by atoms with Crippen molar-refractivity contribution >= 4 is 23.5 Å². The van der Waals surface area contributed by atoms with E-state index < -0.39 is 17.9 Å². The van der Waals surface area contributed by atoms with Crippen LogP contribution in [-0.4, -0.2) is 31.5 Å². The molecular weight excluding hydrogens is 370 g/mol. The van der Waals surface area contributed by atoms with Crippen LogP contribution in [0.15, 0.2) is 42.5 Å². The van der Waals surface area contributed by atoms with E-state index in [2.05, 4.69) is 18.6 Å². The lowest BCUT2D eigenvalue weighted by Gasteiger charge is -2.23. The number of aryl methyl sites for hydroxylation is 2. The molecule has 29 heavy (non-hydrogen) atoms. The van der Waals surface area contributed by atoms with E-state index in [4.69, 9.17) is 4.74 Å². The molecule has 1 atom stereocenters. The minimum absolute atomic E-state index is 0.0661.